The number of carbonyl (C=O) groups is 2. The van der Waals surface area contributed by atoms with E-state index in [4.69, 9.17) is 16.3 Å². The molecule has 0 saturated carbocycles. The molecule has 0 unspecified atom stereocenters. The average Bonchev–Trinajstić information content (AvgIpc) is 2.62. The number of halogens is 1. The number of hydrogen-bond donors (Lipinski definition) is 1. The molecule has 0 aromatic heterocycles. The highest BCUT2D eigenvalue weighted by atomic mass is 35.5. The Kier molecular flexibility index (Phi) is 7.04. The minimum absolute atomic E-state index is 0.153. The van der Waals surface area contributed by atoms with Gasteiger partial charge in [-0.2, -0.15) is 0 Å². The van der Waals surface area contributed by atoms with Crippen LogP contribution in [0.5, 0.6) is 5.75 Å². The SMILES string of the molecule is CCc1ccc(NC(=O)CCN(C(C)=O)c2ccc(OC)c(Cl)c2)cc1. The first-order valence-electron chi connectivity index (χ1n) is 8.45. The van der Waals surface area contributed by atoms with E-state index in [1.165, 1.54) is 24.5 Å². The lowest BCUT2D eigenvalue weighted by atomic mass is 10.1. The second-order valence-corrected chi connectivity index (χ2v) is 6.25. The highest BCUT2D eigenvalue weighted by Gasteiger charge is 2.15. The number of carbonyl (C=O) groups excluding carboxylic acids is 2. The lowest BCUT2D eigenvalue weighted by Gasteiger charge is -2.21. The van der Waals surface area contributed by atoms with E-state index in [2.05, 4.69) is 12.2 Å². The molecule has 2 amide bonds. The number of amides is 2. The lowest BCUT2D eigenvalue weighted by molar-refractivity contribution is -0.117. The molecule has 0 atom stereocenters. The quantitative estimate of drug-likeness (QED) is 0.786. The van der Waals surface area contributed by atoms with Gasteiger partial charge in [0.05, 0.1) is 12.1 Å². The van der Waals surface area contributed by atoms with Gasteiger partial charge in [-0.25, -0.2) is 0 Å². The highest BCUT2D eigenvalue weighted by Crippen LogP contribution is 2.29. The fraction of sp³-hybridized carbons (Fsp3) is 0.300. The van der Waals surface area contributed by atoms with Crippen LogP contribution in [0.15, 0.2) is 42.5 Å². The molecule has 0 bridgehead atoms. The van der Waals surface area contributed by atoms with Crippen LogP contribution in [-0.2, 0) is 16.0 Å². The van der Waals surface area contributed by atoms with E-state index < -0.39 is 0 Å². The van der Waals surface area contributed by atoms with E-state index in [1.54, 1.807) is 18.2 Å². The molecule has 5 nitrogen and oxygen atoms in total. The Morgan fingerprint density at radius 1 is 1.15 bits per heavy atom. The van der Waals surface area contributed by atoms with E-state index in [0.717, 1.165) is 12.1 Å². The number of ether oxygens (including phenoxy) is 1. The van der Waals surface area contributed by atoms with Gasteiger partial charge >= 0.3 is 0 Å². The number of methoxy groups -OCH3 is 1. The summed E-state index contributed by atoms with van der Waals surface area (Å²) in [4.78, 5) is 25.7. The fourth-order valence-corrected chi connectivity index (χ4v) is 2.80. The maximum Gasteiger partial charge on any atom is 0.226 e. The second kappa shape index (κ2) is 9.25. The van der Waals surface area contributed by atoms with Crippen molar-refractivity contribution < 1.29 is 14.3 Å². The maximum absolute atomic E-state index is 12.2. The van der Waals surface area contributed by atoms with Crippen molar-refractivity contribution in [3.63, 3.8) is 0 Å². The Labute approximate surface area is 158 Å². The monoisotopic (exact) mass is 374 g/mol. The number of benzene rings is 2. The minimum atomic E-state index is -0.161. The van der Waals surface area contributed by atoms with Crippen molar-refractivity contribution in [2.75, 3.05) is 23.9 Å². The zero-order chi connectivity index (χ0) is 19.1. The molecule has 6 heteroatoms. The van der Waals surface area contributed by atoms with Crippen LogP contribution < -0.4 is 15.0 Å². The molecule has 0 heterocycles. The van der Waals surface area contributed by atoms with E-state index in [1.807, 2.05) is 24.3 Å². The summed E-state index contributed by atoms with van der Waals surface area (Å²) in [5.41, 5.74) is 2.58. The Balaban J connectivity index is 2.00. The van der Waals surface area contributed by atoms with Crippen LogP contribution >= 0.6 is 11.6 Å². The standard InChI is InChI=1S/C20H23ClN2O3/c1-4-15-5-7-16(8-6-15)22-20(25)11-12-23(14(2)24)17-9-10-19(26-3)18(21)13-17/h5-10,13H,4,11-12H2,1-3H3,(H,22,25). The molecule has 0 aliphatic rings. The molecule has 1 N–H and O–H groups in total. The molecule has 0 saturated heterocycles. The number of anilines is 2. The predicted molar refractivity (Wildman–Crippen MR) is 105 cm³/mol. The van der Waals surface area contributed by atoms with Gasteiger partial charge in [-0.05, 0) is 42.3 Å². The van der Waals surface area contributed by atoms with Crippen LogP contribution in [-0.4, -0.2) is 25.5 Å². The third kappa shape index (κ3) is 5.23. The van der Waals surface area contributed by atoms with Crippen molar-refractivity contribution in [3.8, 4) is 5.75 Å². The number of aryl methyl sites for hydroxylation is 1. The summed E-state index contributed by atoms with van der Waals surface area (Å²) >= 11 is 6.13. The molecule has 2 aromatic rings. The minimum Gasteiger partial charge on any atom is -0.495 e. The summed E-state index contributed by atoms with van der Waals surface area (Å²) in [5.74, 6) is 0.221. The summed E-state index contributed by atoms with van der Waals surface area (Å²) in [5, 5.41) is 3.26. The maximum atomic E-state index is 12.2. The van der Waals surface area contributed by atoms with E-state index in [9.17, 15) is 9.59 Å². The normalized spacial score (nSPS) is 10.3. The molecule has 26 heavy (non-hydrogen) atoms. The number of rotatable bonds is 7. The molecule has 0 radical (unpaired) electrons. The van der Waals surface area contributed by atoms with Crippen LogP contribution in [0.4, 0.5) is 11.4 Å². The topological polar surface area (TPSA) is 58.6 Å². The van der Waals surface area contributed by atoms with Crippen LogP contribution in [0, 0.1) is 0 Å². The predicted octanol–water partition coefficient (Wildman–Crippen LogP) is 4.29. The first-order valence-corrected chi connectivity index (χ1v) is 8.82. The Hall–Kier alpha value is -2.53. The molecule has 2 rings (SSSR count). The smallest absolute Gasteiger partial charge is 0.226 e. The van der Waals surface area contributed by atoms with Gasteiger partial charge in [0.2, 0.25) is 11.8 Å². The molecule has 0 fully saturated rings. The molecule has 138 valence electrons. The van der Waals surface area contributed by atoms with Crippen molar-refractivity contribution >= 4 is 34.8 Å². The molecule has 0 aliphatic heterocycles. The Bertz CT molecular complexity index is 775. The van der Waals surface area contributed by atoms with E-state index >= 15 is 0 Å². The molecule has 0 spiro atoms. The zero-order valence-corrected chi connectivity index (χ0v) is 16.0. The average molecular weight is 375 g/mol. The van der Waals surface area contributed by atoms with Crippen LogP contribution in [0.3, 0.4) is 0 Å². The van der Waals surface area contributed by atoms with Gasteiger partial charge in [0.1, 0.15) is 5.75 Å². The van der Waals surface area contributed by atoms with Crippen molar-refractivity contribution in [1.29, 1.82) is 0 Å². The molecule has 0 aliphatic carbocycles. The number of hydrogen-bond acceptors (Lipinski definition) is 3. The lowest BCUT2D eigenvalue weighted by Crippen LogP contribution is -2.31. The van der Waals surface area contributed by atoms with E-state index in [0.29, 0.717) is 16.5 Å². The van der Waals surface area contributed by atoms with Gasteiger partial charge < -0.3 is 15.0 Å². The zero-order valence-electron chi connectivity index (χ0n) is 15.2. The third-order valence-corrected chi connectivity index (χ3v) is 4.33. The molecular formula is C20H23ClN2O3. The first kappa shape index (κ1) is 19.8. The van der Waals surface area contributed by atoms with Crippen molar-refractivity contribution in [2.45, 2.75) is 26.7 Å². The van der Waals surface area contributed by atoms with Gasteiger partial charge in [0, 0.05) is 31.3 Å². The Morgan fingerprint density at radius 3 is 2.38 bits per heavy atom. The fourth-order valence-electron chi connectivity index (χ4n) is 2.55. The Morgan fingerprint density at radius 2 is 1.85 bits per heavy atom. The largest absolute Gasteiger partial charge is 0.495 e. The molecular weight excluding hydrogens is 352 g/mol. The first-order chi connectivity index (χ1) is 12.4. The van der Waals surface area contributed by atoms with Crippen molar-refractivity contribution in [2.24, 2.45) is 0 Å². The van der Waals surface area contributed by atoms with Gasteiger partial charge in [0.25, 0.3) is 0 Å². The van der Waals surface area contributed by atoms with Crippen LogP contribution in [0.25, 0.3) is 0 Å². The summed E-state index contributed by atoms with van der Waals surface area (Å²) in [6, 6.07) is 12.8. The summed E-state index contributed by atoms with van der Waals surface area (Å²) < 4.78 is 5.12. The number of nitrogens with one attached hydrogen (secondary N) is 1. The number of nitrogens with zero attached hydrogens (tertiary/aromatic N) is 1. The van der Waals surface area contributed by atoms with Crippen LogP contribution in [0.2, 0.25) is 5.02 Å². The van der Waals surface area contributed by atoms with Crippen molar-refractivity contribution in [3.05, 3.63) is 53.1 Å². The van der Waals surface area contributed by atoms with E-state index in [-0.39, 0.29) is 24.8 Å². The summed E-state index contributed by atoms with van der Waals surface area (Å²) in [6.07, 6.45) is 1.13. The third-order valence-electron chi connectivity index (χ3n) is 4.04. The van der Waals surface area contributed by atoms with Gasteiger partial charge in [-0.15, -0.1) is 0 Å². The highest BCUT2D eigenvalue weighted by molar-refractivity contribution is 6.32. The van der Waals surface area contributed by atoms with Crippen LogP contribution in [0.1, 0.15) is 25.8 Å². The summed E-state index contributed by atoms with van der Waals surface area (Å²) in [6.45, 7) is 3.80. The van der Waals surface area contributed by atoms with Gasteiger partial charge in [0.15, 0.2) is 0 Å². The van der Waals surface area contributed by atoms with Crippen molar-refractivity contribution in [1.82, 2.24) is 0 Å². The van der Waals surface area contributed by atoms with Gasteiger partial charge in [-0.3, -0.25) is 9.59 Å². The summed E-state index contributed by atoms with van der Waals surface area (Å²) in [7, 11) is 1.53. The second-order valence-electron chi connectivity index (χ2n) is 5.84. The van der Waals surface area contributed by atoms with Gasteiger partial charge in [-0.1, -0.05) is 30.7 Å². The molecule has 2 aromatic carbocycles.